The molecule has 1 unspecified atom stereocenters. The summed E-state index contributed by atoms with van der Waals surface area (Å²) in [6.07, 6.45) is 0.741. The maximum atomic E-state index is 12.6. The molecule has 0 fully saturated rings. The monoisotopic (exact) mass is 292 g/mol. The fraction of sp³-hybridized carbons (Fsp3) is 0.467. The number of fused-ring (bicyclic) bond motifs is 1. The maximum absolute atomic E-state index is 12.6. The van der Waals surface area contributed by atoms with Gasteiger partial charge in [-0.3, -0.25) is 4.79 Å². The van der Waals surface area contributed by atoms with E-state index in [4.69, 9.17) is 22.7 Å². The molecule has 2 rings (SSSR count). The predicted molar refractivity (Wildman–Crippen MR) is 82.8 cm³/mol. The van der Waals surface area contributed by atoms with Gasteiger partial charge in [0.25, 0.3) is 5.91 Å². The highest BCUT2D eigenvalue weighted by Gasteiger charge is 2.33. The van der Waals surface area contributed by atoms with Gasteiger partial charge in [-0.05, 0) is 25.5 Å². The van der Waals surface area contributed by atoms with Gasteiger partial charge in [-0.15, -0.1) is 0 Å². The van der Waals surface area contributed by atoms with Crippen molar-refractivity contribution >= 4 is 23.1 Å². The van der Waals surface area contributed by atoms with Crippen LogP contribution in [0.4, 0.5) is 0 Å². The highest BCUT2D eigenvalue weighted by atomic mass is 32.1. The number of nitrogens with two attached hydrogens (primary N) is 1. The Morgan fingerprint density at radius 3 is 2.80 bits per heavy atom. The Bertz CT molecular complexity index is 491. The minimum Gasteiger partial charge on any atom is -0.480 e. The predicted octanol–water partition coefficient (Wildman–Crippen LogP) is 1.90. The number of thiocarbonyl (C=S) groups is 1. The van der Waals surface area contributed by atoms with E-state index in [1.807, 2.05) is 38.1 Å². The minimum atomic E-state index is -0.429. The van der Waals surface area contributed by atoms with Crippen molar-refractivity contribution in [1.29, 1.82) is 0 Å². The van der Waals surface area contributed by atoms with Crippen LogP contribution in [0.25, 0.3) is 0 Å². The lowest BCUT2D eigenvalue weighted by Crippen LogP contribution is -2.46. The average Bonchev–Trinajstić information content (AvgIpc) is 2.81. The summed E-state index contributed by atoms with van der Waals surface area (Å²) in [6.45, 7) is 4.52. The molecular weight excluding hydrogens is 272 g/mol. The van der Waals surface area contributed by atoms with Gasteiger partial charge >= 0.3 is 0 Å². The van der Waals surface area contributed by atoms with E-state index in [-0.39, 0.29) is 11.9 Å². The molecule has 0 aliphatic carbocycles. The molecule has 0 saturated carbocycles. The summed E-state index contributed by atoms with van der Waals surface area (Å²) < 4.78 is 5.75. The lowest BCUT2D eigenvalue weighted by molar-refractivity contribution is -0.139. The Kier molecular flexibility index (Phi) is 4.60. The van der Waals surface area contributed by atoms with Gasteiger partial charge in [0, 0.05) is 25.4 Å². The molecule has 0 spiro atoms. The lowest BCUT2D eigenvalue weighted by Gasteiger charge is -2.28. The second kappa shape index (κ2) is 6.22. The number of carbonyl (C=O) groups is 1. The van der Waals surface area contributed by atoms with Gasteiger partial charge in [0.1, 0.15) is 5.75 Å². The highest BCUT2D eigenvalue weighted by molar-refractivity contribution is 7.80. The van der Waals surface area contributed by atoms with Crippen molar-refractivity contribution in [1.82, 2.24) is 4.90 Å². The number of benzene rings is 1. The molecule has 1 amide bonds. The van der Waals surface area contributed by atoms with E-state index in [0.717, 1.165) is 11.3 Å². The molecule has 5 heteroatoms. The van der Waals surface area contributed by atoms with Crippen LogP contribution in [0.1, 0.15) is 25.8 Å². The number of amides is 1. The summed E-state index contributed by atoms with van der Waals surface area (Å²) in [4.78, 5) is 14.8. The third kappa shape index (κ3) is 3.28. The van der Waals surface area contributed by atoms with Crippen molar-refractivity contribution < 1.29 is 9.53 Å². The Morgan fingerprint density at radius 1 is 1.50 bits per heavy atom. The molecule has 108 valence electrons. The van der Waals surface area contributed by atoms with Gasteiger partial charge in [0.2, 0.25) is 0 Å². The molecular formula is C15H20N2O2S. The van der Waals surface area contributed by atoms with Crippen molar-refractivity contribution in [3.63, 3.8) is 0 Å². The Morgan fingerprint density at radius 2 is 2.20 bits per heavy atom. The third-order valence-electron chi connectivity index (χ3n) is 3.43. The smallest absolute Gasteiger partial charge is 0.264 e. The molecule has 0 aromatic heterocycles. The van der Waals surface area contributed by atoms with E-state index in [0.29, 0.717) is 24.4 Å². The van der Waals surface area contributed by atoms with Gasteiger partial charge < -0.3 is 15.4 Å². The van der Waals surface area contributed by atoms with Crippen LogP contribution >= 0.6 is 12.2 Å². The van der Waals surface area contributed by atoms with E-state index in [1.54, 1.807) is 4.90 Å². The van der Waals surface area contributed by atoms with Gasteiger partial charge in [-0.1, -0.05) is 30.4 Å². The number of nitrogens with zero attached hydrogens (tertiary/aromatic N) is 1. The summed E-state index contributed by atoms with van der Waals surface area (Å²) in [5, 5.41) is 0. The minimum absolute atomic E-state index is 0.00690. The molecule has 4 nitrogen and oxygen atoms in total. The summed E-state index contributed by atoms with van der Waals surface area (Å²) in [7, 11) is 0. The van der Waals surface area contributed by atoms with E-state index in [2.05, 4.69) is 0 Å². The quantitative estimate of drug-likeness (QED) is 0.842. The molecule has 1 aliphatic rings. The zero-order valence-electron chi connectivity index (χ0n) is 11.8. The first-order chi connectivity index (χ1) is 9.49. The average molecular weight is 292 g/mol. The van der Waals surface area contributed by atoms with Crippen LogP contribution in [-0.4, -0.2) is 34.5 Å². The Balaban J connectivity index is 2.04. The highest BCUT2D eigenvalue weighted by Crippen LogP contribution is 2.29. The number of carbonyl (C=O) groups excluding carboxylic acids is 1. The van der Waals surface area contributed by atoms with E-state index in [1.165, 1.54) is 0 Å². The van der Waals surface area contributed by atoms with Crippen LogP contribution in [-0.2, 0) is 11.2 Å². The molecule has 1 heterocycles. The fourth-order valence-corrected chi connectivity index (χ4v) is 2.45. The van der Waals surface area contributed by atoms with Crippen molar-refractivity contribution in [2.75, 3.05) is 6.54 Å². The van der Waals surface area contributed by atoms with Crippen molar-refractivity contribution in [3.05, 3.63) is 29.8 Å². The first kappa shape index (κ1) is 14.8. The van der Waals surface area contributed by atoms with Gasteiger partial charge in [0.15, 0.2) is 6.10 Å². The van der Waals surface area contributed by atoms with Crippen LogP contribution in [0.2, 0.25) is 0 Å². The van der Waals surface area contributed by atoms with Crippen LogP contribution in [0.5, 0.6) is 5.75 Å². The number of rotatable bonds is 5. The van der Waals surface area contributed by atoms with Crippen LogP contribution in [0.3, 0.4) is 0 Å². The van der Waals surface area contributed by atoms with Crippen molar-refractivity contribution in [3.8, 4) is 5.75 Å². The molecule has 0 radical (unpaired) electrons. The molecule has 1 aliphatic heterocycles. The van der Waals surface area contributed by atoms with Crippen LogP contribution in [0.15, 0.2) is 24.3 Å². The lowest BCUT2D eigenvalue weighted by atomic mass is 10.1. The summed E-state index contributed by atoms with van der Waals surface area (Å²) in [5.41, 5.74) is 6.61. The normalized spacial score (nSPS) is 16.6. The zero-order valence-corrected chi connectivity index (χ0v) is 12.7. The molecule has 1 atom stereocenters. The second-order valence-electron chi connectivity index (χ2n) is 5.26. The Hall–Kier alpha value is -1.62. The molecule has 1 aromatic carbocycles. The summed E-state index contributed by atoms with van der Waals surface area (Å²) in [5.74, 6) is 0.816. The van der Waals surface area contributed by atoms with E-state index >= 15 is 0 Å². The third-order valence-corrected chi connectivity index (χ3v) is 3.63. The first-order valence-electron chi connectivity index (χ1n) is 6.82. The Labute approximate surface area is 124 Å². The van der Waals surface area contributed by atoms with E-state index < -0.39 is 6.10 Å². The second-order valence-corrected chi connectivity index (χ2v) is 5.78. The molecule has 20 heavy (non-hydrogen) atoms. The standard InChI is InChI=1S/C15H20N2O2S/c1-10(2)17(8-7-14(16)20)15(18)13-9-11-5-3-4-6-12(11)19-13/h3-6,10,13H,7-9H2,1-2H3,(H2,16,20). The number of ether oxygens (including phenoxy) is 1. The zero-order chi connectivity index (χ0) is 14.7. The number of para-hydroxylation sites is 1. The van der Waals surface area contributed by atoms with Crippen molar-refractivity contribution in [2.24, 2.45) is 5.73 Å². The number of hydrogen-bond donors (Lipinski definition) is 1. The largest absolute Gasteiger partial charge is 0.480 e. The maximum Gasteiger partial charge on any atom is 0.264 e. The van der Waals surface area contributed by atoms with Gasteiger partial charge in [0.05, 0.1) is 4.99 Å². The first-order valence-corrected chi connectivity index (χ1v) is 7.23. The molecule has 2 N–H and O–H groups in total. The summed E-state index contributed by atoms with van der Waals surface area (Å²) in [6, 6.07) is 7.87. The topological polar surface area (TPSA) is 55.6 Å². The van der Waals surface area contributed by atoms with E-state index in [9.17, 15) is 4.79 Å². The molecule has 1 aromatic rings. The number of hydrogen-bond acceptors (Lipinski definition) is 3. The van der Waals surface area contributed by atoms with Crippen LogP contribution in [0, 0.1) is 0 Å². The van der Waals surface area contributed by atoms with Gasteiger partial charge in [-0.2, -0.15) is 0 Å². The molecule has 0 bridgehead atoms. The van der Waals surface area contributed by atoms with Crippen LogP contribution < -0.4 is 10.5 Å². The fourth-order valence-electron chi connectivity index (χ4n) is 2.36. The van der Waals surface area contributed by atoms with Gasteiger partial charge in [-0.25, -0.2) is 0 Å². The molecule has 0 saturated heterocycles. The SMILES string of the molecule is CC(C)N(CCC(N)=S)C(=O)C1Cc2ccccc2O1. The van der Waals surface area contributed by atoms with Crippen molar-refractivity contribution in [2.45, 2.75) is 38.8 Å². The summed E-state index contributed by atoms with van der Waals surface area (Å²) >= 11 is 4.89.